The van der Waals surface area contributed by atoms with Crippen molar-refractivity contribution in [2.75, 3.05) is 13.1 Å². The van der Waals surface area contributed by atoms with Crippen LogP contribution in [0, 0.1) is 5.92 Å². The van der Waals surface area contributed by atoms with E-state index in [0.717, 1.165) is 18.4 Å². The molecule has 3 rings (SSSR count). The topological polar surface area (TPSA) is 77.9 Å². The lowest BCUT2D eigenvalue weighted by Gasteiger charge is -2.40. The largest absolute Gasteiger partial charge is 0.481 e. The van der Waals surface area contributed by atoms with Crippen LogP contribution in [0.25, 0.3) is 0 Å². The minimum absolute atomic E-state index is 0.0378. The molecule has 1 atom stereocenters. The highest BCUT2D eigenvalue weighted by molar-refractivity contribution is 6.31. The summed E-state index contributed by atoms with van der Waals surface area (Å²) in [5.74, 6) is -1.53. The van der Waals surface area contributed by atoms with Gasteiger partial charge in [0.05, 0.1) is 6.42 Å². The Labute approximate surface area is 145 Å². The maximum atomic E-state index is 12.8. The molecule has 128 valence electrons. The smallest absolute Gasteiger partial charge is 0.305 e. The number of amides is 2. The van der Waals surface area contributed by atoms with Gasteiger partial charge in [0.25, 0.3) is 0 Å². The molecular weight excluding hydrogens is 332 g/mol. The van der Waals surface area contributed by atoms with E-state index in [9.17, 15) is 14.4 Å². The summed E-state index contributed by atoms with van der Waals surface area (Å²) in [6.07, 6.45) is 1.29. The second-order valence-corrected chi connectivity index (χ2v) is 6.68. The van der Waals surface area contributed by atoms with Crippen molar-refractivity contribution in [1.29, 1.82) is 0 Å². The summed E-state index contributed by atoms with van der Waals surface area (Å²) in [4.78, 5) is 39.3. The van der Waals surface area contributed by atoms with E-state index in [2.05, 4.69) is 0 Å². The molecule has 2 aliphatic rings. The third kappa shape index (κ3) is 3.53. The zero-order chi connectivity index (χ0) is 17.3. The van der Waals surface area contributed by atoms with Crippen molar-refractivity contribution in [1.82, 2.24) is 9.80 Å². The number of carboxylic acids is 1. The number of carboxylic acid groups (broad SMARTS) is 1. The van der Waals surface area contributed by atoms with Crippen molar-refractivity contribution in [3.63, 3.8) is 0 Å². The van der Waals surface area contributed by atoms with Crippen LogP contribution in [0.2, 0.25) is 5.02 Å². The number of aliphatic carboxylic acids is 1. The Morgan fingerprint density at radius 1 is 1.21 bits per heavy atom. The van der Waals surface area contributed by atoms with Gasteiger partial charge in [0.1, 0.15) is 6.04 Å². The van der Waals surface area contributed by atoms with Crippen molar-refractivity contribution >= 4 is 29.4 Å². The Morgan fingerprint density at radius 2 is 1.92 bits per heavy atom. The zero-order valence-corrected chi connectivity index (χ0v) is 13.9. The third-order valence-electron chi connectivity index (χ3n) is 4.48. The second-order valence-electron chi connectivity index (χ2n) is 6.27. The Balaban J connectivity index is 1.77. The van der Waals surface area contributed by atoms with Crippen LogP contribution in [0.15, 0.2) is 24.3 Å². The number of carbonyl (C=O) groups excluding carboxylic acids is 2. The van der Waals surface area contributed by atoms with Gasteiger partial charge in [-0.3, -0.25) is 14.4 Å². The van der Waals surface area contributed by atoms with Gasteiger partial charge >= 0.3 is 5.97 Å². The first-order valence-electron chi connectivity index (χ1n) is 8.02. The van der Waals surface area contributed by atoms with Crippen molar-refractivity contribution in [3.8, 4) is 0 Å². The lowest BCUT2D eigenvalue weighted by atomic mass is 10.1. The molecule has 7 heteroatoms. The van der Waals surface area contributed by atoms with Gasteiger partial charge in [-0.25, -0.2) is 0 Å². The number of carbonyl (C=O) groups is 3. The van der Waals surface area contributed by atoms with E-state index in [0.29, 0.717) is 24.7 Å². The van der Waals surface area contributed by atoms with Crippen molar-refractivity contribution in [2.45, 2.75) is 31.8 Å². The van der Waals surface area contributed by atoms with Gasteiger partial charge in [0, 0.05) is 30.6 Å². The van der Waals surface area contributed by atoms with Crippen LogP contribution in [0.5, 0.6) is 0 Å². The molecular formula is C17H19ClN2O4. The third-order valence-corrected chi connectivity index (χ3v) is 4.85. The Hall–Kier alpha value is -2.08. The average molecular weight is 351 g/mol. The lowest BCUT2D eigenvalue weighted by molar-refractivity contribution is -0.156. The molecule has 0 aromatic heterocycles. The summed E-state index contributed by atoms with van der Waals surface area (Å²) in [6.45, 7) is 1.07. The molecule has 1 aliphatic heterocycles. The number of hydrogen-bond acceptors (Lipinski definition) is 3. The quantitative estimate of drug-likeness (QED) is 0.877. The number of nitrogens with zero attached hydrogens (tertiary/aromatic N) is 2. The molecule has 1 aromatic rings. The van der Waals surface area contributed by atoms with Crippen LogP contribution in [0.3, 0.4) is 0 Å². The molecule has 1 unspecified atom stereocenters. The van der Waals surface area contributed by atoms with Gasteiger partial charge in [-0.1, -0.05) is 29.8 Å². The second kappa shape index (κ2) is 6.81. The Bertz CT molecular complexity index is 674. The van der Waals surface area contributed by atoms with Gasteiger partial charge in [0.2, 0.25) is 11.8 Å². The van der Waals surface area contributed by atoms with E-state index in [1.54, 1.807) is 11.0 Å². The summed E-state index contributed by atoms with van der Waals surface area (Å²) < 4.78 is 0. The standard InChI is InChI=1S/C17H19ClN2O4/c18-13-4-2-1-3-12(13)10-19-7-8-20(16(23)11-5-6-11)14(17(19)24)9-15(21)22/h1-4,11,14H,5-10H2,(H,21,22). The van der Waals surface area contributed by atoms with Crippen LogP contribution in [-0.4, -0.2) is 51.8 Å². The van der Waals surface area contributed by atoms with E-state index in [-0.39, 0.29) is 24.2 Å². The van der Waals surface area contributed by atoms with Crippen LogP contribution in [-0.2, 0) is 20.9 Å². The first-order valence-corrected chi connectivity index (χ1v) is 8.39. The van der Waals surface area contributed by atoms with Crippen molar-refractivity contribution in [2.24, 2.45) is 5.92 Å². The molecule has 0 radical (unpaired) electrons. The van der Waals surface area contributed by atoms with Crippen LogP contribution >= 0.6 is 11.6 Å². The predicted molar refractivity (Wildman–Crippen MR) is 87.3 cm³/mol. The maximum absolute atomic E-state index is 12.8. The molecule has 0 bridgehead atoms. The van der Waals surface area contributed by atoms with Gasteiger partial charge in [-0.2, -0.15) is 0 Å². The number of benzene rings is 1. The summed E-state index contributed by atoms with van der Waals surface area (Å²) in [7, 11) is 0. The highest BCUT2D eigenvalue weighted by Crippen LogP contribution is 2.33. The zero-order valence-electron chi connectivity index (χ0n) is 13.2. The summed E-state index contributed by atoms with van der Waals surface area (Å²) >= 11 is 6.14. The molecule has 0 spiro atoms. The summed E-state index contributed by atoms with van der Waals surface area (Å²) in [5, 5.41) is 9.69. The van der Waals surface area contributed by atoms with Gasteiger partial charge < -0.3 is 14.9 Å². The van der Waals surface area contributed by atoms with Crippen LogP contribution in [0.1, 0.15) is 24.8 Å². The highest BCUT2D eigenvalue weighted by atomic mass is 35.5. The molecule has 1 saturated carbocycles. The minimum atomic E-state index is -1.08. The van der Waals surface area contributed by atoms with Crippen molar-refractivity contribution in [3.05, 3.63) is 34.9 Å². The fourth-order valence-corrected chi connectivity index (χ4v) is 3.21. The monoisotopic (exact) mass is 350 g/mol. The molecule has 1 saturated heterocycles. The molecule has 2 fully saturated rings. The van der Waals surface area contributed by atoms with E-state index < -0.39 is 12.0 Å². The Kier molecular flexibility index (Phi) is 4.76. The highest BCUT2D eigenvalue weighted by Gasteiger charge is 2.43. The number of piperazine rings is 1. The Morgan fingerprint density at radius 3 is 2.54 bits per heavy atom. The van der Waals surface area contributed by atoms with Crippen molar-refractivity contribution < 1.29 is 19.5 Å². The van der Waals surface area contributed by atoms with Crippen LogP contribution < -0.4 is 0 Å². The summed E-state index contributed by atoms with van der Waals surface area (Å²) in [5.41, 5.74) is 0.809. The molecule has 2 amide bonds. The number of rotatable bonds is 5. The van der Waals surface area contributed by atoms with E-state index in [4.69, 9.17) is 16.7 Å². The summed E-state index contributed by atoms with van der Waals surface area (Å²) in [6, 6.07) is 6.32. The lowest BCUT2D eigenvalue weighted by Crippen LogP contribution is -2.59. The van der Waals surface area contributed by atoms with E-state index in [1.165, 1.54) is 4.90 Å². The fraction of sp³-hybridized carbons (Fsp3) is 0.471. The molecule has 6 nitrogen and oxygen atoms in total. The van der Waals surface area contributed by atoms with Crippen LogP contribution in [0.4, 0.5) is 0 Å². The molecule has 1 aromatic carbocycles. The van der Waals surface area contributed by atoms with E-state index in [1.807, 2.05) is 18.2 Å². The normalized spacial score (nSPS) is 21.0. The van der Waals surface area contributed by atoms with Gasteiger partial charge in [0.15, 0.2) is 0 Å². The number of halogens is 1. The number of hydrogen-bond donors (Lipinski definition) is 1. The predicted octanol–water partition coefficient (Wildman–Crippen LogP) is 1.76. The van der Waals surface area contributed by atoms with E-state index >= 15 is 0 Å². The molecule has 24 heavy (non-hydrogen) atoms. The molecule has 1 N–H and O–H groups in total. The minimum Gasteiger partial charge on any atom is -0.481 e. The molecule has 1 aliphatic carbocycles. The maximum Gasteiger partial charge on any atom is 0.305 e. The SMILES string of the molecule is O=C(O)CC1C(=O)N(Cc2ccccc2Cl)CCN1C(=O)C1CC1. The van der Waals surface area contributed by atoms with Gasteiger partial charge in [-0.15, -0.1) is 0 Å². The average Bonchev–Trinajstić information content (AvgIpc) is 3.37. The molecule has 1 heterocycles. The fourth-order valence-electron chi connectivity index (χ4n) is 3.02. The first-order chi connectivity index (χ1) is 11.5. The van der Waals surface area contributed by atoms with Gasteiger partial charge in [-0.05, 0) is 24.5 Å². The first kappa shape index (κ1) is 16.8.